The molecule has 2 rings (SSSR count). The van der Waals surface area contributed by atoms with Crippen molar-refractivity contribution in [1.82, 2.24) is 4.90 Å². The number of methoxy groups -OCH3 is 1. The number of rotatable bonds is 5. The van der Waals surface area contributed by atoms with Gasteiger partial charge in [0.2, 0.25) is 0 Å². The Morgan fingerprint density at radius 3 is 2.67 bits per heavy atom. The van der Waals surface area contributed by atoms with Crippen LogP contribution in [0.3, 0.4) is 0 Å². The summed E-state index contributed by atoms with van der Waals surface area (Å²) in [6, 6.07) is 0. The van der Waals surface area contributed by atoms with Crippen molar-refractivity contribution in [1.29, 1.82) is 0 Å². The molecule has 3 N–H and O–H groups in total. The number of hydrogen-bond donors (Lipinski definition) is 2. The van der Waals surface area contributed by atoms with Gasteiger partial charge in [-0.1, -0.05) is 6.42 Å². The summed E-state index contributed by atoms with van der Waals surface area (Å²) in [7, 11) is 1.81. The Bertz CT molecular complexity index is 254. The molecule has 1 aliphatic heterocycles. The number of piperidine rings is 1. The number of aliphatic hydroxyl groups is 1. The van der Waals surface area contributed by atoms with Crippen LogP contribution in [-0.4, -0.2) is 55.0 Å². The molecule has 2 aliphatic rings. The summed E-state index contributed by atoms with van der Waals surface area (Å²) in [5, 5.41) is 10.4. The molecule has 1 aliphatic carbocycles. The third-order valence-corrected chi connectivity index (χ3v) is 4.94. The smallest absolute Gasteiger partial charge is 0.0797 e. The first kappa shape index (κ1) is 14.3. The van der Waals surface area contributed by atoms with Crippen LogP contribution in [0.1, 0.15) is 38.5 Å². The molecule has 4 nitrogen and oxygen atoms in total. The average Bonchev–Trinajstić information content (AvgIpc) is 2.79. The largest absolute Gasteiger partial charge is 0.388 e. The Morgan fingerprint density at radius 2 is 2.06 bits per heavy atom. The zero-order chi connectivity index (χ0) is 13.0. The van der Waals surface area contributed by atoms with Gasteiger partial charge in [-0.3, -0.25) is 0 Å². The quantitative estimate of drug-likeness (QED) is 0.770. The Morgan fingerprint density at radius 1 is 1.33 bits per heavy atom. The first-order valence-corrected chi connectivity index (χ1v) is 7.35. The summed E-state index contributed by atoms with van der Waals surface area (Å²) in [6.45, 7) is 3.78. The van der Waals surface area contributed by atoms with Gasteiger partial charge in [0.15, 0.2) is 0 Å². The summed E-state index contributed by atoms with van der Waals surface area (Å²) in [5.41, 5.74) is 5.14. The normalized spacial score (nSPS) is 35.2. The van der Waals surface area contributed by atoms with Crippen molar-refractivity contribution in [3.8, 4) is 0 Å². The monoisotopic (exact) mass is 256 g/mol. The van der Waals surface area contributed by atoms with Crippen LogP contribution in [0.2, 0.25) is 0 Å². The Kier molecular flexibility index (Phi) is 5.01. The Hall–Kier alpha value is -0.160. The SMILES string of the molecule is COC1CCN(CCC2CCCC2(O)CN)CC1. The molecule has 4 heteroatoms. The summed E-state index contributed by atoms with van der Waals surface area (Å²) in [5.74, 6) is 0.405. The van der Waals surface area contributed by atoms with E-state index in [9.17, 15) is 5.11 Å². The lowest BCUT2D eigenvalue weighted by Crippen LogP contribution is -2.43. The molecule has 1 saturated carbocycles. The molecule has 2 fully saturated rings. The highest BCUT2D eigenvalue weighted by Crippen LogP contribution is 2.37. The van der Waals surface area contributed by atoms with Gasteiger partial charge in [-0.05, 0) is 44.6 Å². The van der Waals surface area contributed by atoms with Crippen molar-refractivity contribution in [2.45, 2.75) is 50.2 Å². The van der Waals surface area contributed by atoms with E-state index in [1.807, 2.05) is 0 Å². The molecule has 2 unspecified atom stereocenters. The first-order valence-electron chi connectivity index (χ1n) is 7.35. The fourth-order valence-electron chi connectivity index (χ4n) is 3.52. The second-order valence-corrected chi connectivity index (χ2v) is 5.96. The number of nitrogens with two attached hydrogens (primary N) is 1. The van der Waals surface area contributed by atoms with Crippen LogP contribution in [0, 0.1) is 5.92 Å². The van der Waals surface area contributed by atoms with E-state index >= 15 is 0 Å². The second kappa shape index (κ2) is 6.33. The molecule has 0 aromatic heterocycles. The summed E-state index contributed by atoms with van der Waals surface area (Å²) in [6.07, 6.45) is 6.98. The minimum atomic E-state index is -0.579. The van der Waals surface area contributed by atoms with Crippen LogP contribution >= 0.6 is 0 Å². The molecule has 0 spiro atoms. The van der Waals surface area contributed by atoms with Gasteiger partial charge in [-0.2, -0.15) is 0 Å². The van der Waals surface area contributed by atoms with E-state index in [1.165, 1.54) is 0 Å². The molecule has 1 heterocycles. The van der Waals surface area contributed by atoms with Gasteiger partial charge in [-0.15, -0.1) is 0 Å². The van der Waals surface area contributed by atoms with E-state index in [0.29, 0.717) is 18.6 Å². The summed E-state index contributed by atoms with van der Waals surface area (Å²) >= 11 is 0. The van der Waals surface area contributed by atoms with Gasteiger partial charge in [0.05, 0.1) is 11.7 Å². The van der Waals surface area contributed by atoms with Crippen LogP contribution in [0.5, 0.6) is 0 Å². The van der Waals surface area contributed by atoms with E-state index in [0.717, 1.165) is 58.2 Å². The van der Waals surface area contributed by atoms with E-state index in [2.05, 4.69) is 4.90 Å². The topological polar surface area (TPSA) is 58.7 Å². The highest BCUT2D eigenvalue weighted by Gasteiger charge is 2.39. The fraction of sp³-hybridized carbons (Fsp3) is 1.00. The van der Waals surface area contributed by atoms with Crippen molar-refractivity contribution in [2.24, 2.45) is 11.7 Å². The Balaban J connectivity index is 1.72. The minimum absolute atomic E-state index is 0.405. The zero-order valence-corrected chi connectivity index (χ0v) is 11.6. The van der Waals surface area contributed by atoms with Crippen LogP contribution in [-0.2, 0) is 4.74 Å². The maximum atomic E-state index is 10.4. The fourth-order valence-corrected chi connectivity index (χ4v) is 3.52. The van der Waals surface area contributed by atoms with Crippen molar-refractivity contribution in [3.63, 3.8) is 0 Å². The standard InChI is InChI=1S/C14H28N2O2/c1-18-13-5-9-16(10-6-13)8-4-12-3-2-7-14(12,17)11-15/h12-13,17H,2-11,15H2,1H3. The van der Waals surface area contributed by atoms with Crippen molar-refractivity contribution in [2.75, 3.05) is 33.3 Å². The molecule has 0 radical (unpaired) electrons. The second-order valence-electron chi connectivity index (χ2n) is 5.96. The van der Waals surface area contributed by atoms with Crippen LogP contribution in [0.15, 0.2) is 0 Å². The molecule has 18 heavy (non-hydrogen) atoms. The number of ether oxygens (including phenoxy) is 1. The van der Waals surface area contributed by atoms with Crippen LogP contribution < -0.4 is 5.73 Å². The molecular weight excluding hydrogens is 228 g/mol. The zero-order valence-electron chi connectivity index (χ0n) is 11.6. The molecule has 0 bridgehead atoms. The number of likely N-dealkylation sites (tertiary alicyclic amines) is 1. The Labute approximate surface area is 110 Å². The molecule has 0 amide bonds. The lowest BCUT2D eigenvalue weighted by molar-refractivity contribution is -0.000825. The lowest BCUT2D eigenvalue weighted by atomic mass is 9.88. The maximum absolute atomic E-state index is 10.4. The molecule has 106 valence electrons. The van der Waals surface area contributed by atoms with Crippen molar-refractivity contribution in [3.05, 3.63) is 0 Å². The van der Waals surface area contributed by atoms with Gasteiger partial charge >= 0.3 is 0 Å². The van der Waals surface area contributed by atoms with E-state index < -0.39 is 5.60 Å². The molecule has 1 saturated heterocycles. The van der Waals surface area contributed by atoms with Crippen molar-refractivity contribution >= 4 is 0 Å². The van der Waals surface area contributed by atoms with Gasteiger partial charge in [-0.25, -0.2) is 0 Å². The summed E-state index contributed by atoms with van der Waals surface area (Å²) in [4.78, 5) is 2.50. The van der Waals surface area contributed by atoms with Gasteiger partial charge in [0.1, 0.15) is 0 Å². The van der Waals surface area contributed by atoms with Gasteiger partial charge < -0.3 is 20.5 Å². The highest BCUT2D eigenvalue weighted by atomic mass is 16.5. The third kappa shape index (κ3) is 3.23. The minimum Gasteiger partial charge on any atom is -0.388 e. The average molecular weight is 256 g/mol. The van der Waals surface area contributed by atoms with Gasteiger partial charge in [0.25, 0.3) is 0 Å². The predicted octanol–water partition coefficient (Wildman–Crippen LogP) is 0.977. The molecule has 2 atom stereocenters. The van der Waals surface area contributed by atoms with E-state index in [-0.39, 0.29) is 0 Å². The van der Waals surface area contributed by atoms with E-state index in [1.54, 1.807) is 7.11 Å². The molecule has 0 aromatic carbocycles. The molecule has 0 aromatic rings. The highest BCUT2D eigenvalue weighted by molar-refractivity contribution is 4.93. The maximum Gasteiger partial charge on any atom is 0.0797 e. The van der Waals surface area contributed by atoms with Crippen LogP contribution in [0.4, 0.5) is 0 Å². The summed E-state index contributed by atoms with van der Waals surface area (Å²) < 4.78 is 5.38. The lowest BCUT2D eigenvalue weighted by Gasteiger charge is -2.34. The van der Waals surface area contributed by atoms with Gasteiger partial charge in [0, 0.05) is 26.7 Å². The number of nitrogens with zero attached hydrogens (tertiary/aromatic N) is 1. The first-order chi connectivity index (χ1) is 8.68. The van der Waals surface area contributed by atoms with Crippen molar-refractivity contribution < 1.29 is 9.84 Å². The van der Waals surface area contributed by atoms with E-state index in [4.69, 9.17) is 10.5 Å². The number of hydrogen-bond acceptors (Lipinski definition) is 4. The third-order valence-electron chi connectivity index (χ3n) is 4.94. The van der Waals surface area contributed by atoms with Crippen LogP contribution in [0.25, 0.3) is 0 Å². The predicted molar refractivity (Wildman–Crippen MR) is 72.4 cm³/mol. The molecular formula is C14H28N2O2.